The Kier molecular flexibility index (Phi) is 5.90. The second-order valence-corrected chi connectivity index (χ2v) is 6.13. The number of hydrogen-bond donors (Lipinski definition) is 3. The van der Waals surface area contributed by atoms with Gasteiger partial charge in [-0.15, -0.1) is 0 Å². The summed E-state index contributed by atoms with van der Waals surface area (Å²) >= 11 is 0. The number of carbonyl (C=O) groups is 2. The summed E-state index contributed by atoms with van der Waals surface area (Å²) in [6, 6.07) is 5.07. The van der Waals surface area contributed by atoms with Gasteiger partial charge in [0, 0.05) is 24.5 Å². The highest BCUT2D eigenvalue weighted by atomic mass is 19.2. The molecule has 0 aliphatic rings. The molecule has 3 rings (SSSR count). The van der Waals surface area contributed by atoms with E-state index in [0.717, 1.165) is 0 Å². The van der Waals surface area contributed by atoms with Gasteiger partial charge in [-0.05, 0) is 18.2 Å². The molecule has 1 aromatic heterocycles. The van der Waals surface area contributed by atoms with Gasteiger partial charge in [-0.25, -0.2) is 26.7 Å². The van der Waals surface area contributed by atoms with Gasteiger partial charge in [0.25, 0.3) is 11.8 Å². The van der Waals surface area contributed by atoms with E-state index in [2.05, 4.69) is 5.32 Å². The Morgan fingerprint density at radius 1 is 0.839 bits per heavy atom. The highest BCUT2D eigenvalue weighted by Gasteiger charge is 2.29. The van der Waals surface area contributed by atoms with Crippen molar-refractivity contribution >= 4 is 22.8 Å². The summed E-state index contributed by atoms with van der Waals surface area (Å²) in [6.45, 7) is -0.816. The number of rotatable bonds is 5. The first-order chi connectivity index (χ1) is 14.6. The maximum Gasteiger partial charge on any atom is 0.349 e. The van der Waals surface area contributed by atoms with Crippen LogP contribution in [0.1, 0.15) is 20.7 Å². The van der Waals surface area contributed by atoms with Crippen molar-refractivity contribution in [3.05, 3.63) is 74.9 Å². The number of phenols is 1. The summed E-state index contributed by atoms with van der Waals surface area (Å²) in [4.78, 5) is 35.8. The van der Waals surface area contributed by atoms with Crippen LogP contribution in [0.5, 0.6) is 5.75 Å². The van der Waals surface area contributed by atoms with Crippen molar-refractivity contribution in [1.82, 2.24) is 10.6 Å². The molecule has 0 unspecified atom stereocenters. The molecule has 0 saturated carbocycles. The molecule has 0 aliphatic carbocycles. The normalized spacial score (nSPS) is 10.9. The minimum absolute atomic E-state index is 0.0385. The number of amides is 2. The van der Waals surface area contributed by atoms with E-state index in [-0.39, 0.29) is 17.9 Å². The standard InChI is InChI=1S/C19H11F5N2O5/c20-12-11(13(21)15(23)16(24)14(12)22)18(29)26-4-3-25-17(28)9-5-7-1-2-8(27)6-10(7)31-19(9)30/h1-2,5-6,27H,3-4H2,(H,25,28)(H,26,29). The van der Waals surface area contributed by atoms with Crippen LogP contribution in [0.2, 0.25) is 0 Å². The van der Waals surface area contributed by atoms with Gasteiger partial charge < -0.3 is 20.2 Å². The minimum atomic E-state index is -2.40. The Morgan fingerprint density at radius 2 is 1.39 bits per heavy atom. The third-order valence-corrected chi connectivity index (χ3v) is 4.10. The van der Waals surface area contributed by atoms with E-state index in [4.69, 9.17) is 4.42 Å². The Labute approximate surface area is 169 Å². The SMILES string of the molecule is O=C(NCCNC(=O)c1cc2ccc(O)cc2oc1=O)c1c(F)c(F)c(F)c(F)c1F. The minimum Gasteiger partial charge on any atom is -0.508 e. The Hall–Kier alpha value is -3.96. The van der Waals surface area contributed by atoms with Gasteiger partial charge in [0.1, 0.15) is 22.5 Å². The van der Waals surface area contributed by atoms with Gasteiger partial charge in [-0.1, -0.05) is 0 Å². The third kappa shape index (κ3) is 4.17. The molecule has 0 spiro atoms. The molecule has 162 valence electrons. The number of benzene rings is 2. The molecule has 3 aromatic rings. The fraction of sp³-hybridized carbons (Fsp3) is 0.105. The van der Waals surface area contributed by atoms with E-state index in [0.29, 0.717) is 5.39 Å². The zero-order chi connectivity index (χ0) is 22.9. The van der Waals surface area contributed by atoms with Crippen LogP contribution in [0, 0.1) is 29.1 Å². The summed E-state index contributed by atoms with van der Waals surface area (Å²) in [7, 11) is 0. The van der Waals surface area contributed by atoms with Crippen molar-refractivity contribution < 1.29 is 41.1 Å². The van der Waals surface area contributed by atoms with Crippen LogP contribution in [0.4, 0.5) is 22.0 Å². The molecule has 7 nitrogen and oxygen atoms in total. The average Bonchev–Trinajstić information content (AvgIpc) is 2.73. The molecule has 0 radical (unpaired) electrons. The average molecular weight is 442 g/mol. The lowest BCUT2D eigenvalue weighted by atomic mass is 10.1. The van der Waals surface area contributed by atoms with Crippen LogP contribution in [0.25, 0.3) is 11.0 Å². The van der Waals surface area contributed by atoms with Crippen molar-refractivity contribution in [1.29, 1.82) is 0 Å². The molecular weight excluding hydrogens is 431 g/mol. The van der Waals surface area contributed by atoms with Crippen LogP contribution in [0.15, 0.2) is 33.5 Å². The monoisotopic (exact) mass is 442 g/mol. The second kappa shape index (κ2) is 8.42. The lowest BCUT2D eigenvalue weighted by Gasteiger charge is -2.10. The molecule has 0 aliphatic heterocycles. The van der Waals surface area contributed by atoms with Gasteiger partial charge in [0.2, 0.25) is 5.82 Å². The number of phenolic OH excluding ortho intramolecular Hbond substituents is 1. The first-order valence-corrected chi connectivity index (χ1v) is 8.46. The maximum atomic E-state index is 13.6. The van der Waals surface area contributed by atoms with Crippen LogP contribution in [0.3, 0.4) is 0 Å². The zero-order valence-electron chi connectivity index (χ0n) is 15.2. The molecule has 1 heterocycles. The Bertz CT molecular complexity index is 1250. The number of nitrogens with one attached hydrogen (secondary N) is 2. The number of halogens is 5. The Balaban J connectivity index is 1.65. The highest BCUT2D eigenvalue weighted by molar-refractivity contribution is 5.97. The fourth-order valence-electron chi connectivity index (χ4n) is 2.60. The second-order valence-electron chi connectivity index (χ2n) is 6.13. The third-order valence-electron chi connectivity index (χ3n) is 4.10. The van der Waals surface area contributed by atoms with Gasteiger partial charge in [-0.3, -0.25) is 9.59 Å². The molecule has 2 amide bonds. The van der Waals surface area contributed by atoms with Gasteiger partial charge in [-0.2, -0.15) is 0 Å². The summed E-state index contributed by atoms with van der Waals surface area (Å²) in [5.74, 6) is -14.2. The highest BCUT2D eigenvalue weighted by Crippen LogP contribution is 2.23. The van der Waals surface area contributed by atoms with Crippen molar-refractivity contribution in [3.63, 3.8) is 0 Å². The molecule has 12 heteroatoms. The summed E-state index contributed by atoms with van der Waals surface area (Å²) in [5, 5.41) is 13.8. The molecule has 2 aromatic carbocycles. The topological polar surface area (TPSA) is 109 Å². The molecule has 0 saturated heterocycles. The van der Waals surface area contributed by atoms with Crippen molar-refractivity contribution in [3.8, 4) is 5.75 Å². The van der Waals surface area contributed by atoms with Crippen molar-refractivity contribution in [2.45, 2.75) is 0 Å². The van der Waals surface area contributed by atoms with Crippen LogP contribution in [-0.4, -0.2) is 30.0 Å². The number of carbonyl (C=O) groups excluding carboxylic acids is 2. The van der Waals surface area contributed by atoms with Crippen molar-refractivity contribution in [2.24, 2.45) is 0 Å². The molecule has 3 N–H and O–H groups in total. The molecule has 0 atom stereocenters. The first kappa shape index (κ1) is 21.7. The Morgan fingerprint density at radius 3 is 2.00 bits per heavy atom. The van der Waals surface area contributed by atoms with E-state index >= 15 is 0 Å². The van der Waals surface area contributed by atoms with Crippen LogP contribution in [-0.2, 0) is 0 Å². The van der Waals surface area contributed by atoms with E-state index in [1.54, 1.807) is 0 Å². The molecule has 31 heavy (non-hydrogen) atoms. The number of aromatic hydroxyl groups is 1. The van der Waals surface area contributed by atoms with E-state index in [9.17, 15) is 41.4 Å². The lowest BCUT2D eigenvalue weighted by molar-refractivity contribution is 0.0919. The van der Waals surface area contributed by atoms with Gasteiger partial charge in [0.05, 0.1) is 0 Å². The number of hydrogen-bond acceptors (Lipinski definition) is 5. The molecule has 0 bridgehead atoms. The smallest absolute Gasteiger partial charge is 0.349 e. The predicted octanol–water partition coefficient (Wildman–Crippen LogP) is 2.35. The summed E-state index contributed by atoms with van der Waals surface area (Å²) in [6.07, 6.45) is 0. The fourth-order valence-corrected chi connectivity index (χ4v) is 2.60. The first-order valence-electron chi connectivity index (χ1n) is 8.46. The van der Waals surface area contributed by atoms with Crippen LogP contribution >= 0.6 is 0 Å². The quantitative estimate of drug-likeness (QED) is 0.185. The van der Waals surface area contributed by atoms with Crippen LogP contribution < -0.4 is 16.3 Å². The summed E-state index contributed by atoms with van der Waals surface area (Å²) in [5.41, 5.74) is -3.04. The van der Waals surface area contributed by atoms with E-state index in [1.165, 1.54) is 24.3 Å². The maximum absolute atomic E-state index is 13.6. The molecular formula is C19H11F5N2O5. The van der Waals surface area contributed by atoms with E-state index in [1.807, 2.05) is 5.32 Å². The van der Waals surface area contributed by atoms with Gasteiger partial charge >= 0.3 is 5.63 Å². The van der Waals surface area contributed by atoms with E-state index < -0.39 is 64.2 Å². The molecule has 0 fully saturated rings. The zero-order valence-corrected chi connectivity index (χ0v) is 15.2. The number of fused-ring (bicyclic) bond motifs is 1. The lowest BCUT2D eigenvalue weighted by Crippen LogP contribution is -2.37. The van der Waals surface area contributed by atoms with Crippen molar-refractivity contribution in [2.75, 3.05) is 13.1 Å². The van der Waals surface area contributed by atoms with Gasteiger partial charge in [0.15, 0.2) is 23.3 Å². The largest absolute Gasteiger partial charge is 0.508 e. The summed E-state index contributed by atoms with van der Waals surface area (Å²) < 4.78 is 71.5. The predicted molar refractivity (Wildman–Crippen MR) is 95.0 cm³/mol.